The van der Waals surface area contributed by atoms with Crippen LogP contribution in [0.2, 0.25) is 0 Å². The van der Waals surface area contributed by atoms with E-state index in [1.807, 2.05) is 72.8 Å². The Labute approximate surface area is 260 Å². The molecule has 0 fully saturated rings. The number of nitrogens with zero attached hydrogens (tertiary/aromatic N) is 2. The minimum Gasteiger partial charge on any atom is -0.309 e. The molecule has 0 bridgehead atoms. The van der Waals surface area contributed by atoms with E-state index < -0.39 is 7.14 Å². The van der Waals surface area contributed by atoms with Crippen molar-refractivity contribution in [3.05, 3.63) is 164 Å². The van der Waals surface area contributed by atoms with Crippen molar-refractivity contribution in [2.45, 2.75) is 0 Å². The summed E-state index contributed by atoms with van der Waals surface area (Å²) in [5, 5.41) is 8.25. The number of aromatic nitrogens is 2. The van der Waals surface area contributed by atoms with E-state index in [1.54, 1.807) is 0 Å². The fourth-order valence-electron chi connectivity index (χ4n) is 6.81. The molecule has 45 heavy (non-hydrogen) atoms. The summed E-state index contributed by atoms with van der Waals surface area (Å²) < 4.78 is 17.8. The van der Waals surface area contributed by atoms with Crippen LogP contribution in [0, 0.1) is 0 Å². The summed E-state index contributed by atoms with van der Waals surface area (Å²) >= 11 is 0. The van der Waals surface area contributed by atoms with Crippen molar-refractivity contribution in [3.63, 3.8) is 0 Å². The number of pyridine rings is 1. The number of imidazole rings is 1. The van der Waals surface area contributed by atoms with E-state index in [1.165, 1.54) is 16.2 Å². The number of benzene rings is 7. The summed E-state index contributed by atoms with van der Waals surface area (Å²) in [5.41, 5.74) is 6.05. The molecule has 4 heteroatoms. The lowest BCUT2D eigenvalue weighted by Gasteiger charge is -2.20. The molecule has 0 saturated heterocycles. The Morgan fingerprint density at radius 1 is 0.444 bits per heavy atom. The Morgan fingerprint density at radius 3 is 1.78 bits per heavy atom. The van der Waals surface area contributed by atoms with Crippen molar-refractivity contribution in [1.82, 2.24) is 9.38 Å². The molecule has 0 spiro atoms. The van der Waals surface area contributed by atoms with Crippen molar-refractivity contribution in [1.29, 1.82) is 0 Å². The Hall–Kier alpha value is -5.50. The first-order chi connectivity index (χ1) is 22.2. The SMILES string of the molecule is O=P(c1ccccc1)(c1ccc(-c2ccccc2)cc1)c1ccc2nc3c4cc5ccccc5cc4c4ccccc4n3c2c1. The molecular weight excluding hydrogens is 567 g/mol. The fourth-order valence-corrected chi connectivity index (χ4v) is 9.45. The molecule has 0 aliphatic rings. The van der Waals surface area contributed by atoms with Gasteiger partial charge in [0.2, 0.25) is 0 Å². The summed E-state index contributed by atoms with van der Waals surface area (Å²) in [6.07, 6.45) is 0. The van der Waals surface area contributed by atoms with Crippen molar-refractivity contribution in [3.8, 4) is 11.1 Å². The van der Waals surface area contributed by atoms with E-state index in [4.69, 9.17) is 4.98 Å². The highest BCUT2D eigenvalue weighted by Gasteiger charge is 2.30. The van der Waals surface area contributed by atoms with Gasteiger partial charge in [0.1, 0.15) is 5.65 Å². The van der Waals surface area contributed by atoms with E-state index in [0.29, 0.717) is 0 Å². The van der Waals surface area contributed by atoms with Gasteiger partial charge in [-0.15, -0.1) is 0 Å². The molecule has 9 rings (SSSR count). The standard InChI is InChI=1S/C41H27N2OP/c44-45(32-15-5-2-6-16-32,33-21-19-29(20-22-33)28-11-3-1-4-12-28)34-23-24-38-40(27-34)43-39-18-10-9-17-35(39)36-25-30-13-7-8-14-31(30)26-37(36)41(43)42-38/h1-27H. The van der Waals surface area contributed by atoms with Crippen LogP contribution in [-0.2, 0) is 4.57 Å². The first-order valence-corrected chi connectivity index (χ1v) is 16.9. The van der Waals surface area contributed by atoms with Crippen LogP contribution >= 0.6 is 7.14 Å². The number of rotatable bonds is 4. The third kappa shape index (κ3) is 3.98. The van der Waals surface area contributed by atoms with Crippen LogP contribution in [0.15, 0.2) is 164 Å². The molecule has 2 heterocycles. The van der Waals surface area contributed by atoms with E-state index in [0.717, 1.165) is 60.0 Å². The number of hydrogen-bond donors (Lipinski definition) is 0. The summed E-state index contributed by atoms with van der Waals surface area (Å²) in [6.45, 7) is 0. The molecule has 0 amide bonds. The van der Waals surface area contributed by atoms with Crippen molar-refractivity contribution >= 4 is 72.2 Å². The second-order valence-electron chi connectivity index (χ2n) is 11.6. The highest BCUT2D eigenvalue weighted by atomic mass is 31.2. The van der Waals surface area contributed by atoms with Crippen LogP contribution in [-0.4, -0.2) is 9.38 Å². The molecule has 0 saturated carbocycles. The molecule has 1 atom stereocenters. The van der Waals surface area contributed by atoms with Gasteiger partial charge in [-0.3, -0.25) is 4.40 Å². The maximum Gasteiger partial charge on any atom is 0.171 e. The predicted molar refractivity (Wildman–Crippen MR) is 190 cm³/mol. The Kier molecular flexibility index (Phi) is 5.78. The van der Waals surface area contributed by atoms with Crippen molar-refractivity contribution < 1.29 is 4.57 Å². The molecule has 0 aliphatic carbocycles. The van der Waals surface area contributed by atoms with Gasteiger partial charge in [-0.25, -0.2) is 4.98 Å². The smallest absolute Gasteiger partial charge is 0.171 e. The van der Waals surface area contributed by atoms with Crippen LogP contribution < -0.4 is 15.9 Å². The summed E-state index contributed by atoms with van der Waals surface area (Å²) in [4.78, 5) is 5.19. The summed E-state index contributed by atoms with van der Waals surface area (Å²) in [5.74, 6) is 0. The monoisotopic (exact) mass is 594 g/mol. The summed E-state index contributed by atoms with van der Waals surface area (Å²) in [7, 11) is -3.23. The van der Waals surface area contributed by atoms with E-state index in [-0.39, 0.29) is 0 Å². The van der Waals surface area contributed by atoms with Crippen molar-refractivity contribution in [2.24, 2.45) is 0 Å². The molecule has 0 radical (unpaired) electrons. The van der Waals surface area contributed by atoms with Gasteiger partial charge in [0.05, 0.1) is 16.6 Å². The molecule has 1 unspecified atom stereocenters. The second kappa shape index (κ2) is 10.0. The average Bonchev–Trinajstić information content (AvgIpc) is 3.51. The van der Waals surface area contributed by atoms with Gasteiger partial charge >= 0.3 is 0 Å². The molecule has 9 aromatic rings. The van der Waals surface area contributed by atoms with E-state index >= 15 is 4.57 Å². The highest BCUT2D eigenvalue weighted by molar-refractivity contribution is 7.85. The molecule has 2 aromatic heterocycles. The topological polar surface area (TPSA) is 34.4 Å². The maximum absolute atomic E-state index is 15.6. The molecule has 0 N–H and O–H groups in total. The molecule has 0 aliphatic heterocycles. The van der Waals surface area contributed by atoms with Crippen LogP contribution in [0.4, 0.5) is 0 Å². The van der Waals surface area contributed by atoms with Gasteiger partial charge in [-0.1, -0.05) is 127 Å². The average molecular weight is 595 g/mol. The highest BCUT2D eigenvalue weighted by Crippen LogP contribution is 2.44. The fraction of sp³-hybridized carbons (Fsp3) is 0. The van der Waals surface area contributed by atoms with Gasteiger partial charge in [0, 0.05) is 26.7 Å². The third-order valence-corrected chi connectivity index (χ3v) is 12.1. The first-order valence-electron chi connectivity index (χ1n) is 15.2. The number of hydrogen-bond acceptors (Lipinski definition) is 2. The van der Waals surface area contributed by atoms with Crippen LogP contribution in [0.5, 0.6) is 0 Å². The van der Waals surface area contributed by atoms with Crippen LogP contribution in [0.1, 0.15) is 0 Å². The van der Waals surface area contributed by atoms with Gasteiger partial charge in [0.15, 0.2) is 7.14 Å². The van der Waals surface area contributed by atoms with E-state index in [2.05, 4.69) is 95.4 Å². The first kappa shape index (κ1) is 25.9. The van der Waals surface area contributed by atoms with Crippen LogP contribution in [0.25, 0.3) is 60.3 Å². The predicted octanol–water partition coefficient (Wildman–Crippen LogP) is 9.25. The number of para-hydroxylation sites is 1. The Morgan fingerprint density at radius 2 is 1.02 bits per heavy atom. The normalized spacial score (nSPS) is 13.2. The zero-order valence-electron chi connectivity index (χ0n) is 24.3. The van der Waals surface area contributed by atoms with Gasteiger partial charge in [-0.2, -0.15) is 0 Å². The second-order valence-corrected chi connectivity index (χ2v) is 14.3. The Balaban J connectivity index is 1.32. The zero-order valence-corrected chi connectivity index (χ0v) is 25.2. The third-order valence-electron chi connectivity index (χ3n) is 9.02. The maximum atomic E-state index is 15.6. The lowest BCUT2D eigenvalue weighted by atomic mass is 10.0. The summed E-state index contributed by atoms with van der Waals surface area (Å²) in [6, 6.07) is 56.1. The Bertz CT molecular complexity index is 2610. The lowest BCUT2D eigenvalue weighted by molar-refractivity contribution is 0.592. The lowest BCUT2D eigenvalue weighted by Crippen LogP contribution is -2.25. The minimum absolute atomic E-state index is 0.790. The van der Waals surface area contributed by atoms with Gasteiger partial charge in [0.25, 0.3) is 0 Å². The molecular formula is C41H27N2OP. The molecule has 212 valence electrons. The largest absolute Gasteiger partial charge is 0.309 e. The zero-order chi connectivity index (χ0) is 30.0. The molecule has 3 nitrogen and oxygen atoms in total. The quantitative estimate of drug-likeness (QED) is 0.116. The van der Waals surface area contributed by atoms with Crippen molar-refractivity contribution in [2.75, 3.05) is 0 Å². The van der Waals surface area contributed by atoms with Gasteiger partial charge in [-0.05, 0) is 63.7 Å². The number of fused-ring (bicyclic) bond motifs is 9. The molecule has 7 aromatic carbocycles. The van der Waals surface area contributed by atoms with E-state index in [9.17, 15) is 0 Å². The van der Waals surface area contributed by atoms with Gasteiger partial charge < -0.3 is 4.57 Å². The minimum atomic E-state index is -3.23. The van der Waals surface area contributed by atoms with Crippen LogP contribution in [0.3, 0.4) is 0 Å².